The highest BCUT2D eigenvalue weighted by molar-refractivity contribution is 5.97. The molecule has 1 aromatic heterocycles. The lowest BCUT2D eigenvalue weighted by molar-refractivity contribution is 0.0938. The van der Waals surface area contributed by atoms with Crippen LogP contribution in [0.2, 0.25) is 0 Å². The minimum atomic E-state index is -0.507. The van der Waals surface area contributed by atoms with Crippen LogP contribution in [0.1, 0.15) is 24.2 Å². The first-order valence-electron chi connectivity index (χ1n) is 5.22. The summed E-state index contributed by atoms with van der Waals surface area (Å²) in [5.74, 6) is -0.299. The van der Waals surface area contributed by atoms with Crippen LogP contribution in [0, 0.1) is 5.92 Å². The SMILES string of the molecule is CC(C)C(NC(=O)c1cnn(C)c1)C(N)=NO. The number of nitrogens with zero attached hydrogens (tertiary/aromatic N) is 3. The Hall–Kier alpha value is -2.05. The summed E-state index contributed by atoms with van der Waals surface area (Å²) in [6.07, 6.45) is 3.05. The van der Waals surface area contributed by atoms with Crippen molar-refractivity contribution in [1.82, 2.24) is 15.1 Å². The second-order valence-corrected chi connectivity index (χ2v) is 4.12. The van der Waals surface area contributed by atoms with Crippen molar-refractivity contribution >= 4 is 11.7 Å². The molecule has 1 heterocycles. The monoisotopic (exact) mass is 239 g/mol. The summed E-state index contributed by atoms with van der Waals surface area (Å²) in [5, 5.41) is 18.1. The Morgan fingerprint density at radius 3 is 2.71 bits per heavy atom. The molecule has 0 aliphatic carbocycles. The van der Waals surface area contributed by atoms with Crippen LogP contribution in [0.15, 0.2) is 17.5 Å². The summed E-state index contributed by atoms with van der Waals surface area (Å²) < 4.78 is 1.53. The first-order valence-corrected chi connectivity index (χ1v) is 5.22. The third-order valence-electron chi connectivity index (χ3n) is 2.35. The number of hydrogen-bond donors (Lipinski definition) is 3. The van der Waals surface area contributed by atoms with Gasteiger partial charge in [-0.05, 0) is 5.92 Å². The standard InChI is InChI=1S/C10H17N5O2/c1-6(2)8(9(11)14-17)13-10(16)7-4-12-15(3)5-7/h4-6,8,17H,1-3H3,(H2,11,14)(H,13,16). The third kappa shape index (κ3) is 3.20. The van der Waals surface area contributed by atoms with Crippen LogP contribution < -0.4 is 11.1 Å². The molecule has 1 unspecified atom stereocenters. The van der Waals surface area contributed by atoms with Gasteiger partial charge in [0.1, 0.15) is 0 Å². The molecule has 1 rings (SSSR count). The average molecular weight is 239 g/mol. The average Bonchev–Trinajstić information content (AvgIpc) is 2.71. The Bertz CT molecular complexity index is 424. The Labute approximate surface area is 99.3 Å². The molecule has 0 spiro atoms. The van der Waals surface area contributed by atoms with Crippen molar-refractivity contribution in [2.75, 3.05) is 0 Å². The Balaban J connectivity index is 2.78. The van der Waals surface area contributed by atoms with Crippen LogP contribution in [0.3, 0.4) is 0 Å². The molecule has 7 nitrogen and oxygen atoms in total. The summed E-state index contributed by atoms with van der Waals surface area (Å²) in [6, 6.07) is -0.507. The van der Waals surface area contributed by atoms with E-state index in [0.29, 0.717) is 5.56 Å². The van der Waals surface area contributed by atoms with E-state index in [1.54, 1.807) is 13.2 Å². The van der Waals surface area contributed by atoms with Gasteiger partial charge in [0.2, 0.25) is 0 Å². The van der Waals surface area contributed by atoms with Crippen LogP contribution in [-0.2, 0) is 7.05 Å². The molecule has 0 bridgehead atoms. The largest absolute Gasteiger partial charge is 0.409 e. The molecule has 4 N–H and O–H groups in total. The highest BCUT2D eigenvalue weighted by atomic mass is 16.4. The van der Waals surface area contributed by atoms with Crippen molar-refractivity contribution in [3.8, 4) is 0 Å². The van der Waals surface area contributed by atoms with Gasteiger partial charge in [0.25, 0.3) is 5.91 Å². The van der Waals surface area contributed by atoms with Crippen LogP contribution in [0.5, 0.6) is 0 Å². The number of oxime groups is 1. The molecule has 94 valence electrons. The van der Waals surface area contributed by atoms with Crippen molar-refractivity contribution < 1.29 is 10.0 Å². The molecule has 17 heavy (non-hydrogen) atoms. The molecular weight excluding hydrogens is 222 g/mol. The van der Waals surface area contributed by atoms with Gasteiger partial charge in [-0.25, -0.2) is 0 Å². The fourth-order valence-electron chi connectivity index (χ4n) is 1.41. The molecule has 0 saturated carbocycles. The lowest BCUT2D eigenvalue weighted by atomic mass is 10.0. The number of carbonyl (C=O) groups is 1. The molecule has 1 aromatic rings. The fraction of sp³-hybridized carbons (Fsp3) is 0.500. The lowest BCUT2D eigenvalue weighted by Crippen LogP contribution is -2.47. The maximum absolute atomic E-state index is 11.8. The van der Waals surface area contributed by atoms with Gasteiger partial charge in [0.15, 0.2) is 5.84 Å². The number of hydrogen-bond acceptors (Lipinski definition) is 4. The molecule has 0 fully saturated rings. The smallest absolute Gasteiger partial charge is 0.255 e. The summed E-state index contributed by atoms with van der Waals surface area (Å²) in [6.45, 7) is 3.73. The van der Waals surface area contributed by atoms with E-state index in [9.17, 15) is 4.79 Å². The Morgan fingerprint density at radius 2 is 2.29 bits per heavy atom. The van der Waals surface area contributed by atoms with E-state index >= 15 is 0 Å². The van der Waals surface area contributed by atoms with Crippen molar-refractivity contribution in [2.45, 2.75) is 19.9 Å². The molecular formula is C10H17N5O2. The van der Waals surface area contributed by atoms with Crippen molar-refractivity contribution in [2.24, 2.45) is 23.9 Å². The summed E-state index contributed by atoms with van der Waals surface area (Å²) in [4.78, 5) is 11.8. The minimum absolute atomic E-state index is 0.0164. The molecule has 0 aliphatic rings. The van der Waals surface area contributed by atoms with Crippen LogP contribution in [0.4, 0.5) is 0 Å². The van der Waals surface area contributed by atoms with Crippen molar-refractivity contribution in [1.29, 1.82) is 0 Å². The molecule has 0 radical (unpaired) electrons. The van der Waals surface area contributed by atoms with Crippen molar-refractivity contribution in [3.63, 3.8) is 0 Å². The number of nitrogens with two attached hydrogens (primary N) is 1. The number of aryl methyl sites for hydroxylation is 1. The summed E-state index contributed by atoms with van der Waals surface area (Å²) in [5.41, 5.74) is 5.95. The first kappa shape index (κ1) is 13.0. The molecule has 7 heteroatoms. The van der Waals surface area contributed by atoms with E-state index in [1.165, 1.54) is 10.9 Å². The zero-order valence-corrected chi connectivity index (χ0v) is 10.1. The maximum atomic E-state index is 11.8. The molecule has 0 aliphatic heterocycles. The van der Waals surface area contributed by atoms with Gasteiger partial charge in [-0.15, -0.1) is 0 Å². The molecule has 0 aromatic carbocycles. The predicted molar refractivity (Wildman–Crippen MR) is 62.7 cm³/mol. The topological polar surface area (TPSA) is 106 Å². The molecule has 1 atom stereocenters. The zero-order chi connectivity index (χ0) is 13.0. The normalized spacial score (nSPS) is 13.8. The minimum Gasteiger partial charge on any atom is -0.409 e. The molecule has 0 saturated heterocycles. The van der Waals surface area contributed by atoms with Crippen LogP contribution in [-0.4, -0.2) is 32.8 Å². The van der Waals surface area contributed by atoms with E-state index in [1.807, 2.05) is 13.8 Å². The highest BCUT2D eigenvalue weighted by Crippen LogP contribution is 2.04. The van der Waals surface area contributed by atoms with Gasteiger partial charge in [-0.1, -0.05) is 19.0 Å². The highest BCUT2D eigenvalue weighted by Gasteiger charge is 2.21. The summed E-state index contributed by atoms with van der Waals surface area (Å²) >= 11 is 0. The molecule has 1 amide bonds. The second-order valence-electron chi connectivity index (χ2n) is 4.12. The number of nitrogens with one attached hydrogen (secondary N) is 1. The van der Waals surface area contributed by atoms with Crippen molar-refractivity contribution in [3.05, 3.63) is 18.0 Å². The van der Waals surface area contributed by atoms with E-state index < -0.39 is 6.04 Å². The van der Waals surface area contributed by atoms with Gasteiger partial charge in [-0.3, -0.25) is 9.48 Å². The Kier molecular flexibility index (Phi) is 4.08. The van der Waals surface area contributed by atoms with Gasteiger partial charge in [-0.2, -0.15) is 5.10 Å². The zero-order valence-electron chi connectivity index (χ0n) is 10.1. The maximum Gasteiger partial charge on any atom is 0.255 e. The van der Waals surface area contributed by atoms with E-state index in [0.717, 1.165) is 0 Å². The second kappa shape index (κ2) is 5.33. The van der Waals surface area contributed by atoms with Crippen LogP contribution in [0.25, 0.3) is 0 Å². The van der Waals surface area contributed by atoms with E-state index in [-0.39, 0.29) is 17.7 Å². The van der Waals surface area contributed by atoms with Crippen LogP contribution >= 0.6 is 0 Å². The number of rotatable bonds is 4. The fourth-order valence-corrected chi connectivity index (χ4v) is 1.41. The number of amidine groups is 1. The van der Waals surface area contributed by atoms with E-state index in [2.05, 4.69) is 15.6 Å². The predicted octanol–water partition coefficient (Wildman–Crippen LogP) is -0.0791. The quantitative estimate of drug-likeness (QED) is 0.296. The number of aromatic nitrogens is 2. The summed E-state index contributed by atoms with van der Waals surface area (Å²) in [7, 11) is 1.72. The van der Waals surface area contributed by atoms with Gasteiger partial charge >= 0.3 is 0 Å². The third-order valence-corrected chi connectivity index (χ3v) is 2.35. The Morgan fingerprint density at radius 1 is 1.65 bits per heavy atom. The first-order chi connectivity index (χ1) is 7.95. The number of carbonyl (C=O) groups excluding carboxylic acids is 1. The van der Waals surface area contributed by atoms with Gasteiger partial charge in [0, 0.05) is 13.2 Å². The van der Waals surface area contributed by atoms with E-state index in [4.69, 9.17) is 10.9 Å². The van der Waals surface area contributed by atoms with Gasteiger partial charge < -0.3 is 16.3 Å². The number of amides is 1. The lowest BCUT2D eigenvalue weighted by Gasteiger charge is -2.20. The van der Waals surface area contributed by atoms with Gasteiger partial charge in [0.05, 0.1) is 17.8 Å².